The molecule has 0 radical (unpaired) electrons. The largest absolute Gasteiger partial charge is 0.377 e. The van der Waals surface area contributed by atoms with Crippen LogP contribution >= 0.6 is 0 Å². The van der Waals surface area contributed by atoms with Crippen LogP contribution in [-0.2, 0) is 0 Å². The van der Waals surface area contributed by atoms with Gasteiger partial charge in [0.05, 0.1) is 0 Å². The average Bonchev–Trinajstić information content (AvgIpc) is 2.30. The Bertz CT molecular complexity index is 359. The SMILES string of the molecule is CN1C=CC(C=CC2=CCN(C)C=C2)=CC1. The van der Waals surface area contributed by atoms with Crippen molar-refractivity contribution in [2.45, 2.75) is 0 Å². The van der Waals surface area contributed by atoms with Crippen LogP contribution in [0.25, 0.3) is 0 Å². The summed E-state index contributed by atoms with van der Waals surface area (Å²) in [5.41, 5.74) is 2.57. The summed E-state index contributed by atoms with van der Waals surface area (Å²) in [5, 5.41) is 0. The second-order valence-corrected chi connectivity index (χ2v) is 4.25. The smallest absolute Gasteiger partial charge is 0.0359 e. The molecule has 0 fully saturated rings. The monoisotopic (exact) mass is 214 g/mol. The van der Waals surface area contributed by atoms with Crippen LogP contribution in [0.2, 0.25) is 0 Å². The van der Waals surface area contributed by atoms with E-state index >= 15 is 0 Å². The fourth-order valence-corrected chi connectivity index (χ4v) is 1.62. The first-order chi connectivity index (χ1) is 7.74. The summed E-state index contributed by atoms with van der Waals surface area (Å²) in [6.07, 6.45) is 17.3. The van der Waals surface area contributed by atoms with Gasteiger partial charge in [0.15, 0.2) is 0 Å². The van der Waals surface area contributed by atoms with E-state index in [0.29, 0.717) is 0 Å². The molecule has 0 saturated carbocycles. The first-order valence-electron chi connectivity index (χ1n) is 5.59. The van der Waals surface area contributed by atoms with Crippen LogP contribution in [0.4, 0.5) is 0 Å². The molecule has 2 nitrogen and oxygen atoms in total. The van der Waals surface area contributed by atoms with E-state index in [4.69, 9.17) is 0 Å². The van der Waals surface area contributed by atoms with Crippen molar-refractivity contribution in [2.75, 3.05) is 27.2 Å². The summed E-state index contributed by atoms with van der Waals surface area (Å²) in [7, 11) is 4.16. The van der Waals surface area contributed by atoms with Gasteiger partial charge in [0.1, 0.15) is 0 Å². The Hall–Kier alpha value is -1.70. The lowest BCUT2D eigenvalue weighted by molar-refractivity contribution is 0.502. The van der Waals surface area contributed by atoms with Crippen molar-refractivity contribution < 1.29 is 0 Å². The van der Waals surface area contributed by atoms with Crippen molar-refractivity contribution in [1.82, 2.24) is 9.80 Å². The van der Waals surface area contributed by atoms with Crippen LogP contribution in [0.3, 0.4) is 0 Å². The molecular weight excluding hydrogens is 196 g/mol. The molecular formula is C14H18N2. The van der Waals surface area contributed by atoms with Crippen molar-refractivity contribution in [3.63, 3.8) is 0 Å². The minimum Gasteiger partial charge on any atom is -0.377 e. The van der Waals surface area contributed by atoms with E-state index in [1.807, 2.05) is 0 Å². The maximum Gasteiger partial charge on any atom is 0.0359 e. The van der Waals surface area contributed by atoms with Crippen molar-refractivity contribution in [2.24, 2.45) is 0 Å². The summed E-state index contributed by atoms with van der Waals surface area (Å²) >= 11 is 0. The summed E-state index contributed by atoms with van der Waals surface area (Å²) in [6, 6.07) is 0. The quantitative estimate of drug-likeness (QED) is 0.696. The number of nitrogens with zero attached hydrogens (tertiary/aromatic N) is 2. The zero-order valence-corrected chi connectivity index (χ0v) is 9.93. The van der Waals surface area contributed by atoms with Crippen molar-refractivity contribution in [1.29, 1.82) is 0 Å². The molecule has 2 heterocycles. The lowest BCUT2D eigenvalue weighted by Gasteiger charge is -2.16. The van der Waals surface area contributed by atoms with E-state index in [1.54, 1.807) is 0 Å². The van der Waals surface area contributed by atoms with Crippen LogP contribution in [0, 0.1) is 0 Å². The van der Waals surface area contributed by atoms with Crippen LogP contribution in [-0.4, -0.2) is 37.0 Å². The van der Waals surface area contributed by atoms with Crippen molar-refractivity contribution in [3.05, 3.63) is 60.0 Å². The molecule has 0 atom stereocenters. The first kappa shape index (κ1) is 10.8. The number of rotatable bonds is 2. The van der Waals surface area contributed by atoms with Gasteiger partial charge in [-0.15, -0.1) is 0 Å². The van der Waals surface area contributed by atoms with Gasteiger partial charge in [-0.25, -0.2) is 0 Å². The van der Waals surface area contributed by atoms with Gasteiger partial charge >= 0.3 is 0 Å². The molecule has 2 heteroatoms. The highest BCUT2D eigenvalue weighted by molar-refractivity contribution is 5.40. The van der Waals surface area contributed by atoms with E-state index in [-0.39, 0.29) is 0 Å². The minimum atomic E-state index is 0.994. The standard InChI is InChI=1S/C14H18N2/c1-15-9-5-13(6-10-15)3-4-14-7-11-16(2)12-8-14/h3-9,11H,10,12H2,1-2H3. The summed E-state index contributed by atoms with van der Waals surface area (Å²) < 4.78 is 0. The minimum absolute atomic E-state index is 0.994. The molecule has 0 saturated heterocycles. The summed E-state index contributed by atoms with van der Waals surface area (Å²) in [6.45, 7) is 1.99. The molecule has 84 valence electrons. The molecule has 0 bridgehead atoms. The van der Waals surface area contributed by atoms with Gasteiger partial charge in [-0.05, 0) is 35.7 Å². The Morgan fingerprint density at radius 3 is 1.62 bits per heavy atom. The highest BCUT2D eigenvalue weighted by Crippen LogP contribution is 2.11. The highest BCUT2D eigenvalue weighted by atomic mass is 15.1. The average molecular weight is 214 g/mol. The molecule has 0 amide bonds. The van der Waals surface area contributed by atoms with Crippen LogP contribution in [0.5, 0.6) is 0 Å². The number of hydrogen-bond acceptors (Lipinski definition) is 2. The van der Waals surface area contributed by atoms with E-state index in [9.17, 15) is 0 Å². The Kier molecular flexibility index (Phi) is 3.30. The molecule has 0 aromatic carbocycles. The van der Waals surface area contributed by atoms with Gasteiger partial charge in [-0.2, -0.15) is 0 Å². The third kappa shape index (κ3) is 2.89. The van der Waals surface area contributed by atoms with Gasteiger partial charge in [-0.3, -0.25) is 0 Å². The number of likely N-dealkylation sites (N-methyl/N-ethyl adjacent to an activating group) is 2. The van der Waals surface area contributed by atoms with E-state index in [0.717, 1.165) is 13.1 Å². The van der Waals surface area contributed by atoms with E-state index in [2.05, 4.69) is 72.8 Å². The molecule has 2 rings (SSSR count). The molecule has 0 unspecified atom stereocenters. The number of hydrogen-bond donors (Lipinski definition) is 0. The van der Waals surface area contributed by atoms with Crippen molar-refractivity contribution >= 4 is 0 Å². The number of allylic oxidation sites excluding steroid dienone is 6. The molecule has 0 spiro atoms. The van der Waals surface area contributed by atoms with Gasteiger partial charge < -0.3 is 9.80 Å². The predicted molar refractivity (Wildman–Crippen MR) is 68.8 cm³/mol. The molecule has 0 aromatic heterocycles. The van der Waals surface area contributed by atoms with Crippen molar-refractivity contribution in [3.8, 4) is 0 Å². The molecule has 16 heavy (non-hydrogen) atoms. The molecule has 2 aliphatic rings. The first-order valence-corrected chi connectivity index (χ1v) is 5.59. The second kappa shape index (κ2) is 4.88. The van der Waals surface area contributed by atoms with E-state index in [1.165, 1.54) is 11.1 Å². The van der Waals surface area contributed by atoms with Gasteiger partial charge in [0.25, 0.3) is 0 Å². The summed E-state index contributed by atoms with van der Waals surface area (Å²) in [4.78, 5) is 4.32. The zero-order valence-electron chi connectivity index (χ0n) is 9.93. The summed E-state index contributed by atoms with van der Waals surface area (Å²) in [5.74, 6) is 0. The Balaban J connectivity index is 1.96. The third-order valence-electron chi connectivity index (χ3n) is 2.74. The van der Waals surface area contributed by atoms with E-state index < -0.39 is 0 Å². The molecule has 0 N–H and O–H groups in total. The third-order valence-corrected chi connectivity index (χ3v) is 2.74. The fourth-order valence-electron chi connectivity index (χ4n) is 1.62. The fraction of sp³-hybridized carbons (Fsp3) is 0.286. The highest BCUT2D eigenvalue weighted by Gasteiger charge is 1.99. The normalized spacial score (nSPS) is 20.4. The van der Waals surface area contributed by atoms with Crippen LogP contribution < -0.4 is 0 Å². The Labute approximate surface area is 97.5 Å². The van der Waals surface area contributed by atoms with Gasteiger partial charge in [-0.1, -0.05) is 24.3 Å². The Morgan fingerprint density at radius 2 is 1.31 bits per heavy atom. The molecule has 0 aliphatic carbocycles. The maximum atomic E-state index is 2.23. The molecule has 2 aliphatic heterocycles. The maximum absolute atomic E-state index is 2.23. The predicted octanol–water partition coefficient (Wildman–Crippen LogP) is 2.31. The lowest BCUT2D eigenvalue weighted by atomic mass is 10.1. The van der Waals surface area contributed by atoms with Gasteiger partial charge in [0, 0.05) is 27.2 Å². The Morgan fingerprint density at radius 1 is 0.875 bits per heavy atom. The lowest BCUT2D eigenvalue weighted by Crippen LogP contribution is -2.13. The topological polar surface area (TPSA) is 6.48 Å². The van der Waals surface area contributed by atoms with Gasteiger partial charge in [0.2, 0.25) is 0 Å². The second-order valence-electron chi connectivity index (χ2n) is 4.25. The zero-order chi connectivity index (χ0) is 11.4. The molecule has 0 aromatic rings. The van der Waals surface area contributed by atoms with Crippen LogP contribution in [0.15, 0.2) is 60.0 Å². The van der Waals surface area contributed by atoms with Crippen LogP contribution in [0.1, 0.15) is 0 Å².